The summed E-state index contributed by atoms with van der Waals surface area (Å²) in [6.45, 7) is 4.40. The van der Waals surface area contributed by atoms with Gasteiger partial charge < -0.3 is 19.7 Å². The summed E-state index contributed by atoms with van der Waals surface area (Å²) >= 11 is 6.17. The minimum Gasteiger partial charge on any atom is -0.379 e. The number of rotatable bonds is 6. The number of anilines is 1. The molecule has 172 valence electrons. The Labute approximate surface area is 192 Å². The predicted octanol–water partition coefficient (Wildman–Crippen LogP) is 1.52. The topological polar surface area (TPSA) is 101 Å². The van der Waals surface area contributed by atoms with Gasteiger partial charge in [0.15, 0.2) is 0 Å². The maximum atomic E-state index is 13.0. The molecular formula is C21H25ClN4O5S. The Kier molecular flexibility index (Phi) is 7.27. The number of hydrogen-bond donors (Lipinski definition) is 1. The predicted molar refractivity (Wildman–Crippen MR) is 119 cm³/mol. The van der Waals surface area contributed by atoms with Gasteiger partial charge in [0.1, 0.15) is 10.7 Å². The molecule has 1 N–H and O–H groups in total. The number of benzene rings is 1. The molecule has 2 aliphatic rings. The zero-order valence-corrected chi connectivity index (χ0v) is 19.1. The minimum absolute atomic E-state index is 0.0785. The second-order valence-corrected chi connectivity index (χ2v) is 9.78. The molecule has 2 aromatic rings. The maximum Gasteiger partial charge on any atom is 0.251 e. The fraction of sp³-hybridized carbons (Fsp3) is 0.429. The number of nitrogens with one attached hydrogen (secondary N) is 1. The van der Waals surface area contributed by atoms with Gasteiger partial charge >= 0.3 is 0 Å². The number of hydrogen-bond acceptors (Lipinski definition) is 7. The van der Waals surface area contributed by atoms with Gasteiger partial charge in [-0.3, -0.25) is 4.79 Å². The lowest BCUT2D eigenvalue weighted by molar-refractivity contribution is 0.0730. The van der Waals surface area contributed by atoms with Crippen LogP contribution in [0.25, 0.3) is 0 Å². The van der Waals surface area contributed by atoms with Crippen molar-refractivity contribution in [2.75, 3.05) is 57.5 Å². The molecule has 32 heavy (non-hydrogen) atoms. The van der Waals surface area contributed by atoms with E-state index in [0.29, 0.717) is 26.4 Å². The molecule has 11 heteroatoms. The van der Waals surface area contributed by atoms with Crippen molar-refractivity contribution < 1.29 is 22.7 Å². The number of aromatic nitrogens is 1. The average Bonchev–Trinajstić information content (AvgIpc) is 2.84. The third-order valence-corrected chi connectivity index (χ3v) is 7.76. The van der Waals surface area contributed by atoms with Crippen LogP contribution in [0.4, 0.5) is 5.82 Å². The number of amides is 1. The fourth-order valence-electron chi connectivity index (χ4n) is 3.55. The highest BCUT2D eigenvalue weighted by atomic mass is 35.5. The molecule has 1 aromatic heterocycles. The normalized spacial score (nSPS) is 17.8. The van der Waals surface area contributed by atoms with Crippen LogP contribution in [0.2, 0.25) is 5.02 Å². The molecule has 0 unspecified atom stereocenters. The van der Waals surface area contributed by atoms with E-state index in [9.17, 15) is 13.2 Å². The third kappa shape index (κ3) is 5.21. The van der Waals surface area contributed by atoms with Crippen molar-refractivity contribution in [1.82, 2.24) is 14.6 Å². The van der Waals surface area contributed by atoms with Crippen molar-refractivity contribution in [2.24, 2.45) is 0 Å². The van der Waals surface area contributed by atoms with E-state index in [4.69, 9.17) is 21.1 Å². The highest BCUT2D eigenvalue weighted by Gasteiger charge is 2.29. The third-order valence-electron chi connectivity index (χ3n) is 5.38. The van der Waals surface area contributed by atoms with Crippen molar-refractivity contribution in [1.29, 1.82) is 0 Å². The Hall–Kier alpha value is -2.24. The highest BCUT2D eigenvalue weighted by molar-refractivity contribution is 7.89. The van der Waals surface area contributed by atoms with Crippen LogP contribution >= 0.6 is 11.6 Å². The van der Waals surface area contributed by atoms with Gasteiger partial charge in [0.25, 0.3) is 5.91 Å². The van der Waals surface area contributed by atoms with Crippen LogP contribution in [-0.4, -0.2) is 76.2 Å². The van der Waals surface area contributed by atoms with Gasteiger partial charge in [-0.05, 0) is 29.8 Å². The quantitative estimate of drug-likeness (QED) is 0.669. The van der Waals surface area contributed by atoms with E-state index in [0.717, 1.165) is 24.5 Å². The molecule has 0 aliphatic carbocycles. The summed E-state index contributed by atoms with van der Waals surface area (Å²) in [5.74, 6) is 0.483. The number of carbonyl (C=O) groups excluding carboxylic acids is 1. The maximum absolute atomic E-state index is 13.0. The lowest BCUT2D eigenvalue weighted by atomic mass is 10.2. The SMILES string of the molecule is O=C(NCc1ccc(N2CCOCC2)nc1)c1ccc(Cl)c(S(=O)(=O)N2CCOCC2)c1. The van der Waals surface area contributed by atoms with Crippen molar-refractivity contribution in [3.8, 4) is 0 Å². The molecule has 1 aromatic carbocycles. The molecule has 0 atom stereocenters. The minimum atomic E-state index is -3.81. The van der Waals surface area contributed by atoms with Gasteiger partial charge in [-0.2, -0.15) is 4.31 Å². The number of sulfonamides is 1. The molecule has 0 bridgehead atoms. The molecule has 2 fully saturated rings. The lowest BCUT2D eigenvalue weighted by Crippen LogP contribution is -2.40. The van der Waals surface area contributed by atoms with E-state index >= 15 is 0 Å². The lowest BCUT2D eigenvalue weighted by Gasteiger charge is -2.27. The van der Waals surface area contributed by atoms with Crippen LogP contribution in [0.1, 0.15) is 15.9 Å². The van der Waals surface area contributed by atoms with Gasteiger partial charge in [-0.25, -0.2) is 13.4 Å². The Bertz CT molecular complexity index is 1050. The first-order valence-electron chi connectivity index (χ1n) is 10.4. The Morgan fingerprint density at radius 1 is 1.03 bits per heavy atom. The van der Waals surface area contributed by atoms with E-state index < -0.39 is 15.9 Å². The standard InChI is InChI=1S/C21H25ClN4O5S/c22-18-3-2-17(13-19(18)32(28,29)26-7-11-31-12-8-26)21(27)24-15-16-1-4-20(23-14-16)25-5-9-30-10-6-25/h1-4,13-14H,5-12,15H2,(H,24,27). The molecule has 0 spiro atoms. The first-order chi connectivity index (χ1) is 15.4. The summed E-state index contributed by atoms with van der Waals surface area (Å²) in [5, 5.41) is 2.89. The summed E-state index contributed by atoms with van der Waals surface area (Å²) in [4.78, 5) is 19.2. The average molecular weight is 481 g/mol. The van der Waals surface area contributed by atoms with Gasteiger partial charge in [0.2, 0.25) is 10.0 Å². The Morgan fingerprint density at radius 3 is 2.38 bits per heavy atom. The molecule has 4 rings (SSSR count). The Balaban J connectivity index is 1.42. The zero-order valence-electron chi connectivity index (χ0n) is 17.5. The number of carbonyl (C=O) groups is 1. The van der Waals surface area contributed by atoms with Crippen molar-refractivity contribution in [2.45, 2.75) is 11.4 Å². The highest BCUT2D eigenvalue weighted by Crippen LogP contribution is 2.26. The van der Waals surface area contributed by atoms with Crippen molar-refractivity contribution >= 4 is 33.3 Å². The van der Waals surface area contributed by atoms with Crippen molar-refractivity contribution in [3.05, 3.63) is 52.7 Å². The van der Waals surface area contributed by atoms with E-state index in [1.807, 2.05) is 12.1 Å². The van der Waals surface area contributed by atoms with Crippen LogP contribution in [-0.2, 0) is 26.0 Å². The number of morpholine rings is 2. The molecule has 0 radical (unpaired) electrons. The van der Waals surface area contributed by atoms with Gasteiger partial charge in [0, 0.05) is 44.5 Å². The molecular weight excluding hydrogens is 456 g/mol. The second kappa shape index (κ2) is 10.1. The molecule has 2 aliphatic heterocycles. The molecule has 2 saturated heterocycles. The summed E-state index contributed by atoms with van der Waals surface area (Å²) in [5.41, 5.74) is 1.06. The van der Waals surface area contributed by atoms with Gasteiger partial charge in [0.05, 0.1) is 31.5 Å². The molecule has 9 nitrogen and oxygen atoms in total. The zero-order chi connectivity index (χ0) is 22.6. The van der Waals surface area contributed by atoms with Crippen LogP contribution in [0.15, 0.2) is 41.4 Å². The number of ether oxygens (including phenoxy) is 2. The second-order valence-electron chi connectivity index (χ2n) is 7.47. The fourth-order valence-corrected chi connectivity index (χ4v) is 5.46. The summed E-state index contributed by atoms with van der Waals surface area (Å²) in [6.07, 6.45) is 1.72. The van der Waals surface area contributed by atoms with Crippen LogP contribution in [0, 0.1) is 0 Å². The van der Waals surface area contributed by atoms with E-state index in [-0.39, 0.29) is 35.1 Å². The molecule has 3 heterocycles. The van der Waals surface area contributed by atoms with Crippen LogP contribution in [0.5, 0.6) is 0 Å². The van der Waals surface area contributed by atoms with Gasteiger partial charge in [-0.15, -0.1) is 0 Å². The van der Waals surface area contributed by atoms with E-state index in [1.165, 1.54) is 22.5 Å². The monoisotopic (exact) mass is 480 g/mol. The Morgan fingerprint density at radius 2 is 1.72 bits per heavy atom. The number of halogens is 1. The summed E-state index contributed by atoms with van der Waals surface area (Å²) in [6, 6.07) is 8.09. The molecule has 1 amide bonds. The van der Waals surface area contributed by atoms with E-state index in [1.54, 1.807) is 6.20 Å². The first-order valence-corrected chi connectivity index (χ1v) is 12.2. The first kappa shape index (κ1) is 22.9. The number of pyridine rings is 1. The molecule has 0 saturated carbocycles. The van der Waals surface area contributed by atoms with E-state index in [2.05, 4.69) is 15.2 Å². The smallest absolute Gasteiger partial charge is 0.251 e. The van der Waals surface area contributed by atoms with Crippen LogP contribution < -0.4 is 10.2 Å². The summed E-state index contributed by atoms with van der Waals surface area (Å²) in [7, 11) is -3.81. The number of nitrogens with zero attached hydrogens (tertiary/aromatic N) is 3. The largest absolute Gasteiger partial charge is 0.379 e. The van der Waals surface area contributed by atoms with Crippen molar-refractivity contribution in [3.63, 3.8) is 0 Å². The summed E-state index contributed by atoms with van der Waals surface area (Å²) < 4.78 is 37.8. The van der Waals surface area contributed by atoms with Crippen LogP contribution in [0.3, 0.4) is 0 Å². The van der Waals surface area contributed by atoms with Gasteiger partial charge in [-0.1, -0.05) is 17.7 Å².